The van der Waals surface area contributed by atoms with Crippen LogP contribution in [0.3, 0.4) is 0 Å². The number of nitrogens with zero attached hydrogens (tertiary/aromatic N) is 1. The van der Waals surface area contributed by atoms with Gasteiger partial charge in [0.15, 0.2) is 0 Å². The van der Waals surface area contributed by atoms with Crippen molar-refractivity contribution in [2.24, 2.45) is 5.92 Å². The highest BCUT2D eigenvalue weighted by Crippen LogP contribution is 2.34. The monoisotopic (exact) mass is 294 g/mol. The largest absolute Gasteiger partial charge is 0.340 e. The number of nitrogens with one attached hydrogen (secondary N) is 1. The van der Waals surface area contributed by atoms with Crippen molar-refractivity contribution in [3.05, 3.63) is 0 Å². The Bertz CT molecular complexity index is 402. The molecule has 4 heteroatoms. The maximum absolute atomic E-state index is 12.9. The van der Waals surface area contributed by atoms with Crippen LogP contribution in [0, 0.1) is 5.92 Å². The van der Waals surface area contributed by atoms with Gasteiger partial charge in [-0.05, 0) is 51.9 Å². The molecule has 0 aromatic rings. The van der Waals surface area contributed by atoms with E-state index in [1.165, 1.54) is 25.7 Å². The normalized spacial score (nSPS) is 37.5. The number of carbonyl (C=O) groups is 2. The molecule has 2 unspecified atom stereocenters. The summed E-state index contributed by atoms with van der Waals surface area (Å²) in [5, 5.41) is 2.91. The fourth-order valence-corrected chi connectivity index (χ4v) is 3.86. The van der Waals surface area contributed by atoms with Gasteiger partial charge in [0.25, 0.3) is 0 Å². The number of carbonyl (C=O) groups excluding carboxylic acids is 2. The highest BCUT2D eigenvalue weighted by atomic mass is 16.2. The van der Waals surface area contributed by atoms with Gasteiger partial charge in [-0.1, -0.05) is 26.7 Å². The van der Waals surface area contributed by atoms with Crippen LogP contribution in [-0.2, 0) is 9.59 Å². The predicted molar refractivity (Wildman–Crippen MR) is 83.8 cm³/mol. The summed E-state index contributed by atoms with van der Waals surface area (Å²) in [5.74, 6) is 0.915. The minimum Gasteiger partial charge on any atom is -0.340 e. The molecule has 0 bridgehead atoms. The second kappa shape index (κ2) is 6.37. The molecule has 0 aromatic carbocycles. The fourth-order valence-electron chi connectivity index (χ4n) is 3.86. The highest BCUT2D eigenvalue weighted by molar-refractivity contribution is 5.99. The number of hydrogen-bond donors (Lipinski definition) is 1. The summed E-state index contributed by atoms with van der Waals surface area (Å²) in [5.41, 5.74) is -0.718. The van der Waals surface area contributed by atoms with E-state index in [2.05, 4.69) is 12.2 Å². The number of rotatable bonds is 4. The van der Waals surface area contributed by atoms with E-state index in [4.69, 9.17) is 0 Å². The smallest absolute Gasteiger partial charge is 0.248 e. The predicted octanol–water partition coefficient (Wildman–Crippen LogP) is 2.86. The first-order valence-electron chi connectivity index (χ1n) is 8.57. The molecule has 1 aliphatic carbocycles. The molecule has 2 fully saturated rings. The van der Waals surface area contributed by atoms with Gasteiger partial charge in [0, 0.05) is 6.04 Å². The summed E-state index contributed by atoms with van der Waals surface area (Å²) in [6, 6.07) is -0.0811. The van der Waals surface area contributed by atoms with Gasteiger partial charge in [0.05, 0.1) is 0 Å². The Morgan fingerprint density at radius 2 is 1.81 bits per heavy atom. The van der Waals surface area contributed by atoms with Crippen molar-refractivity contribution in [3.8, 4) is 0 Å². The fraction of sp³-hybridized carbons (Fsp3) is 0.882. The molecule has 0 spiro atoms. The van der Waals surface area contributed by atoms with E-state index in [9.17, 15) is 9.59 Å². The summed E-state index contributed by atoms with van der Waals surface area (Å²) in [4.78, 5) is 27.0. The second-order valence-electron chi connectivity index (χ2n) is 7.03. The van der Waals surface area contributed by atoms with Crippen molar-refractivity contribution in [2.45, 2.75) is 90.3 Å². The maximum Gasteiger partial charge on any atom is 0.248 e. The second-order valence-corrected chi connectivity index (χ2v) is 7.03. The molecule has 0 aromatic heterocycles. The third-order valence-electron chi connectivity index (χ3n) is 5.52. The molecule has 120 valence electrons. The summed E-state index contributed by atoms with van der Waals surface area (Å²) in [6.07, 6.45) is 7.67. The lowest BCUT2D eigenvalue weighted by Gasteiger charge is -2.48. The van der Waals surface area contributed by atoms with Gasteiger partial charge in [0.1, 0.15) is 11.6 Å². The molecule has 4 nitrogen and oxygen atoms in total. The molecule has 2 aliphatic rings. The molecular formula is C17H30N2O2. The topological polar surface area (TPSA) is 49.4 Å². The molecule has 2 amide bonds. The van der Waals surface area contributed by atoms with Gasteiger partial charge in [-0.15, -0.1) is 0 Å². The van der Waals surface area contributed by atoms with Crippen LogP contribution in [0.5, 0.6) is 0 Å². The standard InChI is InChI=1S/C17H30N2O2/c1-5-7-13-8-10-14(11-9-13)19-12(3)15(20)18-17(4,6-2)16(19)21/h12-14H,5-11H2,1-4H3,(H,18,20). The lowest BCUT2D eigenvalue weighted by molar-refractivity contribution is -0.157. The van der Waals surface area contributed by atoms with E-state index in [-0.39, 0.29) is 23.9 Å². The SMILES string of the molecule is CCCC1CCC(N2C(=O)C(C)(CC)NC(=O)C2C)CC1. The number of piperazine rings is 1. The molecular weight excluding hydrogens is 264 g/mol. The van der Waals surface area contributed by atoms with Crippen LogP contribution in [0.15, 0.2) is 0 Å². The van der Waals surface area contributed by atoms with Gasteiger partial charge in [-0.25, -0.2) is 0 Å². The van der Waals surface area contributed by atoms with Crippen LogP contribution in [0.2, 0.25) is 0 Å². The van der Waals surface area contributed by atoms with E-state index in [0.29, 0.717) is 6.42 Å². The van der Waals surface area contributed by atoms with Crippen molar-refractivity contribution in [1.29, 1.82) is 0 Å². The van der Waals surface area contributed by atoms with Crippen molar-refractivity contribution in [3.63, 3.8) is 0 Å². The highest BCUT2D eigenvalue weighted by Gasteiger charge is 2.47. The average Bonchev–Trinajstić information content (AvgIpc) is 2.47. The zero-order valence-electron chi connectivity index (χ0n) is 13.9. The first-order chi connectivity index (χ1) is 9.92. The van der Waals surface area contributed by atoms with Crippen LogP contribution < -0.4 is 5.32 Å². The van der Waals surface area contributed by atoms with Crippen LogP contribution >= 0.6 is 0 Å². The zero-order valence-corrected chi connectivity index (χ0v) is 13.9. The summed E-state index contributed by atoms with van der Waals surface area (Å²) < 4.78 is 0. The Kier molecular flexibility index (Phi) is 4.95. The van der Waals surface area contributed by atoms with E-state index in [0.717, 1.165) is 18.8 Å². The number of hydrogen-bond acceptors (Lipinski definition) is 2. The molecule has 1 aliphatic heterocycles. The Hall–Kier alpha value is -1.06. The van der Waals surface area contributed by atoms with Gasteiger partial charge < -0.3 is 10.2 Å². The molecule has 1 saturated heterocycles. The third-order valence-corrected chi connectivity index (χ3v) is 5.52. The molecule has 1 heterocycles. The van der Waals surface area contributed by atoms with Crippen molar-refractivity contribution in [1.82, 2.24) is 10.2 Å². The third kappa shape index (κ3) is 3.09. The first-order valence-corrected chi connectivity index (χ1v) is 8.57. The van der Waals surface area contributed by atoms with E-state index in [1.807, 2.05) is 25.7 Å². The number of amides is 2. The maximum atomic E-state index is 12.9. The van der Waals surface area contributed by atoms with Crippen LogP contribution in [0.25, 0.3) is 0 Å². The molecule has 1 saturated carbocycles. The summed E-state index contributed by atoms with van der Waals surface area (Å²) >= 11 is 0. The minimum absolute atomic E-state index is 0.00497. The van der Waals surface area contributed by atoms with Gasteiger partial charge in [-0.3, -0.25) is 9.59 Å². The average molecular weight is 294 g/mol. The first kappa shape index (κ1) is 16.3. The molecule has 21 heavy (non-hydrogen) atoms. The Morgan fingerprint density at radius 3 is 2.33 bits per heavy atom. The Labute approximate surface area is 128 Å². The van der Waals surface area contributed by atoms with E-state index in [1.54, 1.807) is 0 Å². The molecule has 0 radical (unpaired) electrons. The van der Waals surface area contributed by atoms with Crippen molar-refractivity contribution < 1.29 is 9.59 Å². The molecule has 1 N–H and O–H groups in total. The van der Waals surface area contributed by atoms with Gasteiger partial charge in [-0.2, -0.15) is 0 Å². The quantitative estimate of drug-likeness (QED) is 0.866. The zero-order chi connectivity index (χ0) is 15.6. The summed E-state index contributed by atoms with van der Waals surface area (Å²) in [6.45, 7) is 7.92. The lowest BCUT2D eigenvalue weighted by atomic mass is 9.81. The molecule has 2 rings (SSSR count). The van der Waals surface area contributed by atoms with Crippen molar-refractivity contribution >= 4 is 11.8 Å². The van der Waals surface area contributed by atoms with E-state index >= 15 is 0 Å². The van der Waals surface area contributed by atoms with Crippen molar-refractivity contribution in [2.75, 3.05) is 0 Å². The lowest BCUT2D eigenvalue weighted by Crippen LogP contribution is -2.70. The van der Waals surface area contributed by atoms with Crippen LogP contribution in [0.1, 0.15) is 72.6 Å². The Morgan fingerprint density at radius 1 is 1.19 bits per heavy atom. The minimum atomic E-state index is -0.718. The summed E-state index contributed by atoms with van der Waals surface area (Å²) in [7, 11) is 0. The molecule has 2 atom stereocenters. The van der Waals surface area contributed by atoms with Crippen LogP contribution in [-0.4, -0.2) is 34.3 Å². The Balaban J connectivity index is 2.10. The van der Waals surface area contributed by atoms with Gasteiger partial charge in [0.2, 0.25) is 11.8 Å². The van der Waals surface area contributed by atoms with Gasteiger partial charge >= 0.3 is 0 Å². The van der Waals surface area contributed by atoms with Crippen LogP contribution in [0.4, 0.5) is 0 Å². The van der Waals surface area contributed by atoms with E-state index < -0.39 is 5.54 Å².